The van der Waals surface area contributed by atoms with E-state index in [4.69, 9.17) is 27.8 Å². The maximum atomic E-state index is 14.5. The molecule has 0 bridgehead atoms. The Balaban J connectivity index is 1.81. The van der Waals surface area contributed by atoms with Crippen molar-refractivity contribution in [1.82, 2.24) is 20.2 Å². The molecule has 0 saturated carbocycles. The molecule has 2 aromatic heterocycles. The van der Waals surface area contributed by atoms with Gasteiger partial charge < -0.3 is 26.4 Å². The lowest BCUT2D eigenvalue weighted by atomic mass is 9.99. The average Bonchev–Trinajstić information content (AvgIpc) is 3.00. The maximum Gasteiger partial charge on any atom is 0.418 e. The third-order valence-corrected chi connectivity index (χ3v) is 6.51. The number of aryl methyl sites for hydroxylation is 1. The van der Waals surface area contributed by atoms with Crippen LogP contribution in [0.2, 0.25) is 5.02 Å². The second kappa shape index (κ2) is 9.22. The molecule has 8 nitrogen and oxygen atoms in total. The van der Waals surface area contributed by atoms with Gasteiger partial charge in [0.25, 0.3) is 0 Å². The van der Waals surface area contributed by atoms with Crippen molar-refractivity contribution in [3.8, 4) is 17.0 Å². The molecule has 15 heteroatoms. The fourth-order valence-corrected chi connectivity index (χ4v) is 4.92. The smallest absolute Gasteiger partial charge is 0.418 e. The van der Waals surface area contributed by atoms with Gasteiger partial charge in [-0.1, -0.05) is 17.7 Å². The van der Waals surface area contributed by atoms with Gasteiger partial charge in [-0.2, -0.15) is 26.3 Å². The molecule has 0 radical (unpaired) electrons. The molecule has 3 aromatic rings. The lowest BCUT2D eigenvalue weighted by Crippen LogP contribution is -2.47. The first-order valence-corrected chi connectivity index (χ1v) is 11.6. The van der Waals surface area contributed by atoms with Crippen LogP contribution < -0.4 is 32.1 Å². The summed E-state index contributed by atoms with van der Waals surface area (Å²) in [5.41, 5.74) is 9.20. The minimum atomic E-state index is -4.84. The van der Waals surface area contributed by atoms with Crippen LogP contribution in [0.5, 0.6) is 5.75 Å². The lowest BCUT2D eigenvalue weighted by molar-refractivity contribution is -0.172. The van der Waals surface area contributed by atoms with Crippen LogP contribution in [0.25, 0.3) is 17.1 Å². The molecule has 1 atom stereocenters. The Morgan fingerprint density at radius 3 is 2.56 bits per heavy atom. The fourth-order valence-electron chi connectivity index (χ4n) is 4.62. The van der Waals surface area contributed by atoms with Crippen LogP contribution in [-0.2, 0) is 6.18 Å². The summed E-state index contributed by atoms with van der Waals surface area (Å²) in [4.78, 5) is 12.8. The Morgan fingerprint density at radius 2 is 1.90 bits per heavy atom. The monoisotopic (exact) mass is 569 g/mol. The first-order chi connectivity index (χ1) is 18.3. The SMILES string of the molecule is Cc1cc(N)nc(-c2cc3c4c(c2Cl)=NCNC=4N(C(c2cccnc2N)C(F)(F)F)C=CO3)c1C(F)(F)F. The van der Waals surface area contributed by atoms with E-state index >= 15 is 0 Å². The zero-order chi connectivity index (χ0) is 28.3. The molecule has 5 rings (SSSR count). The number of pyridine rings is 2. The van der Waals surface area contributed by atoms with Gasteiger partial charge in [0.05, 0.1) is 26.9 Å². The second-order valence-corrected chi connectivity index (χ2v) is 9.00. The van der Waals surface area contributed by atoms with Gasteiger partial charge in [-0.15, -0.1) is 0 Å². The largest absolute Gasteiger partial charge is 0.463 e. The quantitative estimate of drug-likeness (QED) is 0.409. The summed E-state index contributed by atoms with van der Waals surface area (Å²) < 4.78 is 91.2. The molecule has 4 heterocycles. The molecule has 2 aliphatic rings. The highest BCUT2D eigenvalue weighted by Gasteiger charge is 2.47. The first-order valence-electron chi connectivity index (χ1n) is 11.2. The second-order valence-electron chi connectivity index (χ2n) is 8.62. The summed E-state index contributed by atoms with van der Waals surface area (Å²) in [6, 6.07) is 2.44. The van der Waals surface area contributed by atoms with E-state index in [2.05, 4.69) is 20.3 Å². The maximum absolute atomic E-state index is 14.5. The number of benzene rings is 1. The van der Waals surface area contributed by atoms with E-state index in [1.165, 1.54) is 25.3 Å². The van der Waals surface area contributed by atoms with Crippen molar-refractivity contribution in [2.45, 2.75) is 25.3 Å². The van der Waals surface area contributed by atoms with E-state index in [1.807, 2.05) is 0 Å². The number of rotatable bonds is 3. The third kappa shape index (κ3) is 4.54. The van der Waals surface area contributed by atoms with Crippen LogP contribution in [0.3, 0.4) is 0 Å². The molecule has 1 aromatic carbocycles. The first kappa shape index (κ1) is 26.4. The van der Waals surface area contributed by atoms with Crippen LogP contribution in [0.4, 0.5) is 38.0 Å². The van der Waals surface area contributed by atoms with Crippen molar-refractivity contribution < 1.29 is 31.1 Å². The predicted octanol–water partition coefficient (Wildman–Crippen LogP) is 4.00. The van der Waals surface area contributed by atoms with Gasteiger partial charge in [-0.3, -0.25) is 4.99 Å². The number of aromatic nitrogens is 2. The number of anilines is 2. The summed E-state index contributed by atoms with van der Waals surface area (Å²) in [5.74, 6) is -0.731. The molecular formula is C24H18ClF6N7O. The standard InChI is InChI=1S/C24H18ClF6N7O/c1-10-7-14(32)37-18(16(10)23(26,27)28)12-8-13-15-19(17(12)25)35-9-36-22(15)38(5-6-39-13)20(24(29,30)31)11-3-2-4-34-21(11)33/h2-8,20,36H,9H2,1H3,(H2,32,37)(H2,33,34). The number of nitrogen functional groups attached to an aromatic ring is 2. The van der Waals surface area contributed by atoms with Crippen LogP contribution in [0.1, 0.15) is 22.7 Å². The van der Waals surface area contributed by atoms with Crippen LogP contribution in [-0.4, -0.2) is 27.7 Å². The molecule has 0 amide bonds. The molecule has 1 unspecified atom stereocenters. The molecule has 2 aliphatic heterocycles. The molecule has 39 heavy (non-hydrogen) atoms. The van der Waals surface area contributed by atoms with Gasteiger partial charge >= 0.3 is 12.4 Å². The minimum absolute atomic E-state index is 0.00546. The van der Waals surface area contributed by atoms with Crippen LogP contribution >= 0.6 is 11.6 Å². The molecule has 0 spiro atoms. The van der Waals surface area contributed by atoms with Crippen molar-refractivity contribution in [3.63, 3.8) is 0 Å². The van der Waals surface area contributed by atoms with Gasteiger partial charge in [-0.05, 0) is 30.7 Å². The van der Waals surface area contributed by atoms with Gasteiger partial charge in [0.15, 0.2) is 6.04 Å². The normalized spacial score (nSPS) is 15.6. The van der Waals surface area contributed by atoms with E-state index in [9.17, 15) is 26.3 Å². The lowest BCUT2D eigenvalue weighted by Gasteiger charge is -2.34. The summed E-state index contributed by atoms with van der Waals surface area (Å²) in [7, 11) is 0. The number of hydrogen-bond donors (Lipinski definition) is 3. The number of halogens is 7. The highest BCUT2D eigenvalue weighted by atomic mass is 35.5. The van der Waals surface area contributed by atoms with Crippen LogP contribution in [0, 0.1) is 6.92 Å². The summed E-state index contributed by atoms with van der Waals surface area (Å²) in [6.45, 7) is 0.988. The molecular weight excluding hydrogens is 552 g/mol. The molecule has 204 valence electrons. The number of nitrogens with two attached hydrogens (primary N) is 2. The fraction of sp³-hybridized carbons (Fsp3) is 0.208. The molecule has 0 fully saturated rings. The Hall–Kier alpha value is -4.20. The van der Waals surface area contributed by atoms with Gasteiger partial charge in [0.2, 0.25) is 0 Å². The van der Waals surface area contributed by atoms with Crippen molar-refractivity contribution in [3.05, 3.63) is 75.2 Å². The molecule has 5 N–H and O–H groups in total. The zero-order valence-corrected chi connectivity index (χ0v) is 20.6. The zero-order valence-electron chi connectivity index (χ0n) is 19.8. The number of hydrogen-bond acceptors (Lipinski definition) is 8. The Labute approximate surface area is 221 Å². The Bertz CT molecular complexity index is 1640. The van der Waals surface area contributed by atoms with Gasteiger partial charge in [-0.25, -0.2) is 9.97 Å². The van der Waals surface area contributed by atoms with Crippen molar-refractivity contribution >= 4 is 29.1 Å². The van der Waals surface area contributed by atoms with Gasteiger partial charge in [0, 0.05) is 23.5 Å². The van der Waals surface area contributed by atoms with Crippen molar-refractivity contribution in [2.75, 3.05) is 18.1 Å². The molecule has 0 aliphatic carbocycles. The van der Waals surface area contributed by atoms with E-state index < -0.39 is 29.7 Å². The number of ether oxygens (including phenoxy) is 1. The van der Waals surface area contributed by atoms with E-state index in [0.29, 0.717) is 0 Å². The topological polar surface area (TPSA) is 115 Å². The third-order valence-electron chi connectivity index (χ3n) is 6.13. The number of alkyl halides is 6. The van der Waals surface area contributed by atoms with Crippen molar-refractivity contribution in [1.29, 1.82) is 0 Å². The number of nitrogens with one attached hydrogen (secondary N) is 1. The highest BCUT2D eigenvalue weighted by Crippen LogP contribution is 2.43. The minimum Gasteiger partial charge on any atom is -0.463 e. The molecule has 0 saturated heterocycles. The van der Waals surface area contributed by atoms with E-state index in [-0.39, 0.29) is 62.2 Å². The van der Waals surface area contributed by atoms with E-state index in [1.54, 1.807) is 0 Å². The predicted molar refractivity (Wildman–Crippen MR) is 130 cm³/mol. The summed E-state index contributed by atoms with van der Waals surface area (Å²) in [6.07, 6.45) is -6.41. The van der Waals surface area contributed by atoms with Crippen LogP contribution in [0.15, 0.2) is 47.9 Å². The summed E-state index contributed by atoms with van der Waals surface area (Å²) in [5, 5.41) is 2.45. The van der Waals surface area contributed by atoms with Crippen molar-refractivity contribution in [2.24, 2.45) is 4.99 Å². The number of nitrogens with zero attached hydrogens (tertiary/aromatic N) is 4. The Morgan fingerprint density at radius 1 is 1.15 bits per heavy atom. The average molecular weight is 570 g/mol. The summed E-state index contributed by atoms with van der Waals surface area (Å²) >= 11 is 6.59. The highest BCUT2D eigenvalue weighted by molar-refractivity contribution is 6.33. The van der Waals surface area contributed by atoms with E-state index in [0.717, 1.165) is 29.5 Å². The Kier molecular flexibility index (Phi) is 6.24. The van der Waals surface area contributed by atoms with Gasteiger partial charge in [0.1, 0.15) is 36.1 Å².